The van der Waals surface area contributed by atoms with E-state index in [0.29, 0.717) is 5.82 Å². The van der Waals surface area contributed by atoms with Gasteiger partial charge in [-0.15, -0.1) is 0 Å². The molecule has 0 aliphatic rings. The van der Waals surface area contributed by atoms with Crippen molar-refractivity contribution in [2.75, 3.05) is 18.0 Å². The lowest BCUT2D eigenvalue weighted by Crippen LogP contribution is -2.26. The lowest BCUT2D eigenvalue weighted by Gasteiger charge is -2.16. The van der Waals surface area contributed by atoms with Crippen LogP contribution < -0.4 is 4.72 Å². The molecule has 0 unspecified atom stereocenters. The van der Waals surface area contributed by atoms with Crippen LogP contribution in [0.15, 0.2) is 47.0 Å². The van der Waals surface area contributed by atoms with Crippen molar-refractivity contribution in [1.29, 1.82) is 0 Å². The summed E-state index contributed by atoms with van der Waals surface area (Å²) in [5.41, 5.74) is 2.44. The van der Waals surface area contributed by atoms with Gasteiger partial charge in [-0.05, 0) is 25.1 Å². The van der Waals surface area contributed by atoms with Gasteiger partial charge in [-0.3, -0.25) is 9.52 Å². The fourth-order valence-corrected chi connectivity index (χ4v) is 3.40. The Morgan fingerprint density at radius 3 is 2.52 bits per heavy atom. The van der Waals surface area contributed by atoms with Crippen LogP contribution in [0.1, 0.15) is 21.8 Å². The van der Waals surface area contributed by atoms with Crippen LogP contribution in [0.5, 0.6) is 0 Å². The topological polar surface area (TPSA) is 105 Å². The van der Waals surface area contributed by atoms with Crippen molar-refractivity contribution in [3.05, 3.63) is 64.5 Å². The largest absolute Gasteiger partial charge is 0.337 e. The Kier molecular flexibility index (Phi) is 5.90. The van der Waals surface area contributed by atoms with Crippen LogP contribution in [-0.4, -0.2) is 42.7 Å². The second kappa shape index (κ2) is 8.22. The zero-order valence-corrected chi connectivity index (χ0v) is 17.6. The highest BCUT2D eigenvalue weighted by atomic mass is 35.5. The summed E-state index contributed by atoms with van der Waals surface area (Å²) in [7, 11) is -1.86. The van der Waals surface area contributed by atoms with E-state index >= 15 is 0 Å². The molecule has 1 heterocycles. The molecule has 1 aromatic heterocycles. The van der Waals surface area contributed by atoms with Crippen LogP contribution in [0.25, 0.3) is 11.4 Å². The van der Waals surface area contributed by atoms with E-state index in [1.165, 1.54) is 23.1 Å². The van der Waals surface area contributed by atoms with Crippen molar-refractivity contribution in [3.8, 4) is 11.4 Å². The van der Waals surface area contributed by atoms with E-state index in [1.54, 1.807) is 7.05 Å². The molecule has 3 aromatic rings. The first-order valence-electron chi connectivity index (χ1n) is 8.55. The van der Waals surface area contributed by atoms with Crippen molar-refractivity contribution < 1.29 is 17.7 Å². The molecule has 8 nitrogen and oxygen atoms in total. The van der Waals surface area contributed by atoms with Crippen molar-refractivity contribution in [2.45, 2.75) is 13.5 Å². The Balaban J connectivity index is 1.72. The second-order valence-corrected chi connectivity index (χ2v) is 8.76. The molecule has 3 rings (SSSR count). The molecule has 0 atom stereocenters. The van der Waals surface area contributed by atoms with Gasteiger partial charge in [-0.1, -0.05) is 46.6 Å². The van der Waals surface area contributed by atoms with Crippen molar-refractivity contribution in [2.24, 2.45) is 0 Å². The third kappa shape index (κ3) is 5.33. The minimum Gasteiger partial charge on any atom is -0.337 e. The molecule has 0 aliphatic carbocycles. The van der Waals surface area contributed by atoms with Crippen LogP contribution in [0.2, 0.25) is 5.02 Å². The molecule has 152 valence electrons. The van der Waals surface area contributed by atoms with Gasteiger partial charge < -0.3 is 9.42 Å². The standard InChI is InChI=1S/C19H19ClN4O4S/c1-12-4-6-13(7-5-12)18-21-17(28-22-18)11-24(2)19(25)15-9-8-14(10-16(15)20)23-29(3,26)27/h4-10,23H,11H2,1-3H3. The summed E-state index contributed by atoms with van der Waals surface area (Å²) in [5, 5.41) is 4.08. The van der Waals surface area contributed by atoms with Gasteiger partial charge in [0.2, 0.25) is 21.7 Å². The molecular weight excluding hydrogens is 416 g/mol. The molecule has 0 saturated carbocycles. The number of carbonyl (C=O) groups is 1. The number of anilines is 1. The smallest absolute Gasteiger partial charge is 0.255 e. The lowest BCUT2D eigenvalue weighted by atomic mass is 10.1. The first-order valence-corrected chi connectivity index (χ1v) is 10.8. The fraction of sp³-hybridized carbons (Fsp3) is 0.211. The number of amides is 1. The maximum Gasteiger partial charge on any atom is 0.255 e. The Bertz CT molecular complexity index is 1140. The van der Waals surface area contributed by atoms with Gasteiger partial charge in [0, 0.05) is 18.3 Å². The molecule has 0 bridgehead atoms. The number of benzene rings is 2. The average Bonchev–Trinajstić information content (AvgIpc) is 3.09. The van der Waals surface area contributed by atoms with E-state index < -0.39 is 10.0 Å². The minimum absolute atomic E-state index is 0.0946. The maximum absolute atomic E-state index is 12.7. The van der Waals surface area contributed by atoms with Crippen molar-refractivity contribution >= 4 is 33.2 Å². The summed E-state index contributed by atoms with van der Waals surface area (Å²) in [4.78, 5) is 18.4. The van der Waals surface area contributed by atoms with Crippen LogP contribution in [0, 0.1) is 6.92 Å². The van der Waals surface area contributed by atoms with Gasteiger partial charge in [-0.2, -0.15) is 4.98 Å². The van der Waals surface area contributed by atoms with Gasteiger partial charge in [0.25, 0.3) is 5.91 Å². The highest BCUT2D eigenvalue weighted by Gasteiger charge is 2.19. The highest BCUT2D eigenvalue weighted by molar-refractivity contribution is 7.92. The first kappa shape index (κ1) is 20.8. The number of aryl methyl sites for hydroxylation is 1. The van der Waals surface area contributed by atoms with Gasteiger partial charge >= 0.3 is 0 Å². The molecule has 29 heavy (non-hydrogen) atoms. The molecule has 0 fully saturated rings. The predicted molar refractivity (Wildman–Crippen MR) is 110 cm³/mol. The maximum atomic E-state index is 12.7. The summed E-state index contributed by atoms with van der Waals surface area (Å²) >= 11 is 6.16. The molecule has 0 spiro atoms. The summed E-state index contributed by atoms with van der Waals surface area (Å²) in [5.74, 6) is 0.356. The number of rotatable bonds is 6. The van der Waals surface area contributed by atoms with Crippen LogP contribution in [0.4, 0.5) is 5.69 Å². The number of carbonyl (C=O) groups excluding carboxylic acids is 1. The number of aromatic nitrogens is 2. The Hall–Kier alpha value is -2.91. The number of hydrogen-bond acceptors (Lipinski definition) is 6. The van der Waals surface area contributed by atoms with Gasteiger partial charge in [-0.25, -0.2) is 8.42 Å². The fourth-order valence-electron chi connectivity index (χ4n) is 2.59. The van der Waals surface area contributed by atoms with E-state index in [1.807, 2.05) is 31.2 Å². The van der Waals surface area contributed by atoms with Crippen molar-refractivity contribution in [3.63, 3.8) is 0 Å². The minimum atomic E-state index is -3.44. The lowest BCUT2D eigenvalue weighted by molar-refractivity contribution is 0.0770. The third-order valence-corrected chi connectivity index (χ3v) is 4.92. The summed E-state index contributed by atoms with van der Waals surface area (Å²) in [6, 6.07) is 12.0. The second-order valence-electron chi connectivity index (χ2n) is 6.61. The van der Waals surface area contributed by atoms with Gasteiger partial charge in [0.1, 0.15) is 0 Å². The summed E-state index contributed by atoms with van der Waals surface area (Å²) in [6.45, 7) is 2.08. The van der Waals surface area contributed by atoms with E-state index in [0.717, 1.165) is 17.4 Å². The highest BCUT2D eigenvalue weighted by Crippen LogP contribution is 2.23. The van der Waals surface area contributed by atoms with Gasteiger partial charge in [0.05, 0.1) is 23.4 Å². The number of nitrogens with one attached hydrogen (secondary N) is 1. The number of hydrogen-bond donors (Lipinski definition) is 1. The van der Waals surface area contributed by atoms with Crippen LogP contribution in [-0.2, 0) is 16.6 Å². The predicted octanol–water partition coefficient (Wildman–Crippen LogP) is 3.34. The van der Waals surface area contributed by atoms with E-state index in [2.05, 4.69) is 14.9 Å². The SMILES string of the molecule is Cc1ccc(-c2noc(CN(C)C(=O)c3ccc(NS(C)(=O)=O)cc3Cl)n2)cc1. The summed E-state index contributed by atoms with van der Waals surface area (Å²) in [6.07, 6.45) is 1.03. The molecule has 0 saturated heterocycles. The Labute approximate surface area is 173 Å². The normalized spacial score (nSPS) is 11.3. The Morgan fingerprint density at radius 2 is 1.90 bits per heavy atom. The molecule has 10 heteroatoms. The van der Waals surface area contributed by atoms with E-state index in [9.17, 15) is 13.2 Å². The van der Waals surface area contributed by atoms with Gasteiger partial charge in [0.15, 0.2) is 0 Å². The third-order valence-electron chi connectivity index (χ3n) is 4.00. The quantitative estimate of drug-likeness (QED) is 0.637. The Morgan fingerprint density at radius 1 is 1.21 bits per heavy atom. The average molecular weight is 435 g/mol. The monoisotopic (exact) mass is 434 g/mol. The van der Waals surface area contributed by atoms with E-state index in [4.69, 9.17) is 16.1 Å². The number of nitrogens with zero attached hydrogens (tertiary/aromatic N) is 3. The molecule has 0 aliphatic heterocycles. The number of halogens is 1. The molecule has 2 aromatic carbocycles. The van der Waals surface area contributed by atoms with Crippen LogP contribution in [0.3, 0.4) is 0 Å². The number of sulfonamides is 1. The van der Waals surface area contributed by atoms with Crippen molar-refractivity contribution in [1.82, 2.24) is 15.0 Å². The molecule has 1 amide bonds. The van der Waals surface area contributed by atoms with Crippen LogP contribution >= 0.6 is 11.6 Å². The zero-order valence-electron chi connectivity index (χ0n) is 16.0. The van der Waals surface area contributed by atoms with E-state index in [-0.39, 0.29) is 34.6 Å². The summed E-state index contributed by atoms with van der Waals surface area (Å²) < 4.78 is 30.2. The molecule has 0 radical (unpaired) electrons. The molecular formula is C19H19ClN4O4S. The first-order chi connectivity index (χ1) is 13.6. The molecule has 1 N–H and O–H groups in total. The zero-order chi connectivity index (χ0) is 21.2.